The van der Waals surface area contributed by atoms with Gasteiger partial charge in [0.1, 0.15) is 0 Å². The third kappa shape index (κ3) is 4.34. The number of benzene rings is 1. The summed E-state index contributed by atoms with van der Waals surface area (Å²) in [4.78, 5) is 4.38. The molecule has 1 aromatic carbocycles. The Labute approximate surface area is 98.0 Å². The van der Waals surface area contributed by atoms with Crippen molar-refractivity contribution in [3.05, 3.63) is 42.1 Å². The summed E-state index contributed by atoms with van der Waals surface area (Å²) in [6.45, 7) is 6.01. The molecule has 0 fully saturated rings. The minimum Gasteiger partial charge on any atom is -0.253 e. The van der Waals surface area contributed by atoms with Crippen molar-refractivity contribution in [2.45, 2.75) is 20.8 Å². The van der Waals surface area contributed by atoms with Gasteiger partial charge < -0.3 is 0 Å². The average molecular weight is 221 g/mol. The SMILES string of the molecule is CC.CS.Cc1ccc2ccccc2n1. The standard InChI is InChI=1S/C10H9N.C2H6.CH4S/c1-8-6-7-9-4-2-3-5-10(9)11-8;2*1-2/h2-7H,1H3;1-2H3;2H,1H3. The molecular formula is C13H19NS. The van der Waals surface area contributed by atoms with Crippen molar-refractivity contribution in [3.8, 4) is 0 Å². The van der Waals surface area contributed by atoms with Gasteiger partial charge in [0.05, 0.1) is 5.52 Å². The van der Waals surface area contributed by atoms with Gasteiger partial charge >= 0.3 is 0 Å². The maximum atomic E-state index is 4.38. The third-order valence-electron chi connectivity index (χ3n) is 1.74. The van der Waals surface area contributed by atoms with E-state index in [2.05, 4.69) is 29.7 Å². The van der Waals surface area contributed by atoms with E-state index >= 15 is 0 Å². The summed E-state index contributed by atoms with van der Waals surface area (Å²) in [6, 6.07) is 12.3. The van der Waals surface area contributed by atoms with Gasteiger partial charge in [-0.25, -0.2) is 0 Å². The molecule has 0 saturated carbocycles. The second-order valence-electron chi connectivity index (χ2n) is 2.65. The number of aromatic nitrogens is 1. The Bertz CT molecular complexity index is 385. The van der Waals surface area contributed by atoms with Gasteiger partial charge in [-0.2, -0.15) is 12.6 Å². The number of aryl methyl sites for hydroxylation is 1. The van der Waals surface area contributed by atoms with E-state index in [1.165, 1.54) is 5.39 Å². The molecule has 0 N–H and O–H groups in total. The van der Waals surface area contributed by atoms with Crippen molar-refractivity contribution in [2.24, 2.45) is 0 Å². The van der Waals surface area contributed by atoms with Crippen LogP contribution in [-0.2, 0) is 0 Å². The maximum absolute atomic E-state index is 4.38. The van der Waals surface area contributed by atoms with Gasteiger partial charge in [-0.1, -0.05) is 38.1 Å². The first-order chi connectivity index (χ1) is 7.36. The average Bonchev–Trinajstić information content (AvgIpc) is 2.34. The molecule has 0 bridgehead atoms. The number of fused-ring (bicyclic) bond motifs is 1. The lowest BCUT2D eigenvalue weighted by Crippen LogP contribution is -1.80. The quantitative estimate of drug-likeness (QED) is 0.660. The minimum atomic E-state index is 1.07. The fourth-order valence-electron chi connectivity index (χ4n) is 1.17. The highest BCUT2D eigenvalue weighted by atomic mass is 32.1. The number of thiol groups is 1. The Morgan fingerprint density at radius 3 is 2.20 bits per heavy atom. The van der Waals surface area contributed by atoms with Crippen molar-refractivity contribution >= 4 is 23.5 Å². The molecule has 15 heavy (non-hydrogen) atoms. The topological polar surface area (TPSA) is 12.9 Å². The summed E-state index contributed by atoms with van der Waals surface area (Å²) in [6.07, 6.45) is 1.69. The molecule has 2 aromatic rings. The number of pyridine rings is 1. The number of hydrogen-bond acceptors (Lipinski definition) is 2. The van der Waals surface area contributed by atoms with E-state index in [0.29, 0.717) is 0 Å². The predicted octanol–water partition coefficient (Wildman–Crippen LogP) is 4.12. The van der Waals surface area contributed by atoms with Crippen LogP contribution >= 0.6 is 12.6 Å². The molecule has 82 valence electrons. The first-order valence-corrected chi connectivity index (χ1v) is 6.03. The largest absolute Gasteiger partial charge is 0.253 e. The molecule has 0 saturated heterocycles. The van der Waals surface area contributed by atoms with E-state index in [1.807, 2.05) is 45.0 Å². The van der Waals surface area contributed by atoms with Crippen LogP contribution in [0.4, 0.5) is 0 Å². The van der Waals surface area contributed by atoms with E-state index in [4.69, 9.17) is 0 Å². The summed E-state index contributed by atoms with van der Waals surface area (Å²) in [5.41, 5.74) is 2.15. The Morgan fingerprint density at radius 2 is 1.53 bits per heavy atom. The Kier molecular flexibility index (Phi) is 7.74. The van der Waals surface area contributed by atoms with Crippen LogP contribution in [-0.4, -0.2) is 11.2 Å². The first-order valence-electron chi connectivity index (χ1n) is 5.13. The van der Waals surface area contributed by atoms with E-state index in [1.54, 1.807) is 6.26 Å². The molecule has 1 nitrogen and oxygen atoms in total. The molecule has 0 atom stereocenters. The molecule has 0 radical (unpaired) electrons. The lowest BCUT2D eigenvalue weighted by Gasteiger charge is -1.95. The Balaban J connectivity index is 0.000000442. The van der Waals surface area contributed by atoms with Gasteiger partial charge in [0.2, 0.25) is 0 Å². The Hall–Kier alpha value is -1.02. The zero-order chi connectivity index (χ0) is 11.7. The number of rotatable bonds is 0. The lowest BCUT2D eigenvalue weighted by molar-refractivity contribution is 1.26. The minimum absolute atomic E-state index is 1.07. The second kappa shape index (κ2) is 8.30. The van der Waals surface area contributed by atoms with Gasteiger partial charge in [-0.3, -0.25) is 4.98 Å². The van der Waals surface area contributed by atoms with E-state index < -0.39 is 0 Å². The third-order valence-corrected chi connectivity index (χ3v) is 1.74. The predicted molar refractivity (Wildman–Crippen MR) is 72.7 cm³/mol. The highest BCUT2D eigenvalue weighted by molar-refractivity contribution is 7.79. The van der Waals surface area contributed by atoms with Gasteiger partial charge in [-0.15, -0.1) is 0 Å². The van der Waals surface area contributed by atoms with Crippen molar-refractivity contribution in [2.75, 3.05) is 6.26 Å². The molecule has 0 amide bonds. The van der Waals surface area contributed by atoms with Crippen LogP contribution < -0.4 is 0 Å². The van der Waals surface area contributed by atoms with Crippen molar-refractivity contribution in [1.29, 1.82) is 0 Å². The molecule has 0 aliphatic heterocycles. The fourth-order valence-corrected chi connectivity index (χ4v) is 1.17. The number of para-hydroxylation sites is 1. The second-order valence-corrected chi connectivity index (χ2v) is 2.65. The van der Waals surface area contributed by atoms with E-state index in [0.717, 1.165) is 11.2 Å². The number of hydrogen-bond donors (Lipinski definition) is 1. The fraction of sp³-hybridized carbons (Fsp3) is 0.308. The molecule has 0 unspecified atom stereocenters. The zero-order valence-electron chi connectivity index (χ0n) is 9.86. The van der Waals surface area contributed by atoms with Crippen molar-refractivity contribution < 1.29 is 0 Å². The summed E-state index contributed by atoms with van der Waals surface area (Å²) < 4.78 is 0. The van der Waals surface area contributed by atoms with E-state index in [9.17, 15) is 0 Å². The molecule has 0 spiro atoms. The molecule has 1 heterocycles. The molecule has 0 aliphatic rings. The van der Waals surface area contributed by atoms with Gasteiger partial charge in [0.25, 0.3) is 0 Å². The van der Waals surface area contributed by atoms with Crippen LogP contribution in [0.15, 0.2) is 36.4 Å². The van der Waals surface area contributed by atoms with E-state index in [-0.39, 0.29) is 0 Å². The molecule has 2 rings (SSSR count). The van der Waals surface area contributed by atoms with Gasteiger partial charge in [-0.05, 0) is 25.3 Å². The van der Waals surface area contributed by atoms with Crippen LogP contribution in [0.25, 0.3) is 10.9 Å². The highest BCUT2D eigenvalue weighted by Gasteiger charge is 1.90. The summed E-state index contributed by atoms with van der Waals surface area (Å²) in [5, 5.41) is 1.21. The summed E-state index contributed by atoms with van der Waals surface area (Å²) >= 11 is 3.53. The first kappa shape index (κ1) is 14.0. The van der Waals surface area contributed by atoms with Crippen LogP contribution in [0.5, 0.6) is 0 Å². The molecule has 1 aromatic heterocycles. The summed E-state index contributed by atoms with van der Waals surface area (Å²) in [7, 11) is 0. The van der Waals surface area contributed by atoms with Gasteiger partial charge in [0, 0.05) is 11.1 Å². The zero-order valence-corrected chi connectivity index (χ0v) is 10.8. The maximum Gasteiger partial charge on any atom is 0.0705 e. The van der Waals surface area contributed by atoms with Crippen LogP contribution in [0.1, 0.15) is 19.5 Å². The molecule has 2 heteroatoms. The van der Waals surface area contributed by atoms with Crippen LogP contribution in [0.2, 0.25) is 0 Å². The van der Waals surface area contributed by atoms with Crippen molar-refractivity contribution in [3.63, 3.8) is 0 Å². The Morgan fingerprint density at radius 1 is 0.933 bits per heavy atom. The summed E-state index contributed by atoms with van der Waals surface area (Å²) in [5.74, 6) is 0. The van der Waals surface area contributed by atoms with Gasteiger partial charge in [0.15, 0.2) is 0 Å². The monoisotopic (exact) mass is 221 g/mol. The molecule has 0 aliphatic carbocycles. The smallest absolute Gasteiger partial charge is 0.0705 e. The number of nitrogens with zero attached hydrogens (tertiary/aromatic N) is 1. The highest BCUT2D eigenvalue weighted by Crippen LogP contribution is 2.10. The molecular weight excluding hydrogens is 202 g/mol. The van der Waals surface area contributed by atoms with Crippen LogP contribution in [0.3, 0.4) is 0 Å². The van der Waals surface area contributed by atoms with Crippen LogP contribution in [0, 0.1) is 6.92 Å². The normalized spacial score (nSPS) is 8.33. The van der Waals surface area contributed by atoms with Crippen molar-refractivity contribution in [1.82, 2.24) is 4.98 Å². The lowest BCUT2D eigenvalue weighted by atomic mass is 10.2.